The van der Waals surface area contributed by atoms with Crippen LogP contribution in [0.3, 0.4) is 0 Å². The molecule has 120 valence electrons. The molecule has 2 aromatic heterocycles. The van der Waals surface area contributed by atoms with Gasteiger partial charge in [-0.05, 0) is 49.4 Å². The number of fused-ring (bicyclic) bond motifs is 2. The van der Waals surface area contributed by atoms with E-state index < -0.39 is 0 Å². The van der Waals surface area contributed by atoms with E-state index in [1.807, 2.05) is 30.6 Å². The first-order valence-corrected chi connectivity index (χ1v) is 8.85. The van der Waals surface area contributed by atoms with Crippen LogP contribution in [0.5, 0.6) is 5.75 Å². The Morgan fingerprint density at radius 1 is 1.33 bits per heavy atom. The molecule has 0 saturated carbocycles. The van der Waals surface area contributed by atoms with E-state index in [9.17, 15) is 5.26 Å². The van der Waals surface area contributed by atoms with Crippen LogP contribution < -0.4 is 4.74 Å². The zero-order chi connectivity index (χ0) is 16.5. The average Bonchev–Trinajstić information content (AvgIpc) is 3.19. The van der Waals surface area contributed by atoms with Gasteiger partial charge in [-0.15, -0.1) is 11.3 Å². The van der Waals surface area contributed by atoms with Gasteiger partial charge in [0, 0.05) is 33.8 Å². The van der Waals surface area contributed by atoms with Crippen LogP contribution in [0.15, 0.2) is 29.4 Å². The number of nitrogens with one attached hydrogen (secondary N) is 1. The first-order valence-electron chi connectivity index (χ1n) is 8.04. The molecule has 0 radical (unpaired) electrons. The standard InChI is InChI=1S/C19H17N3OS/c1-23-13-6-7-17-15(8-13)12(10-21-17)11-22-19-16(9-20)14-4-2-3-5-18(14)24-19/h6-8,10-11,21H,2-5H2,1H3. The topological polar surface area (TPSA) is 61.2 Å². The van der Waals surface area contributed by atoms with Crippen molar-refractivity contribution in [3.8, 4) is 11.8 Å². The Hall–Kier alpha value is -2.58. The van der Waals surface area contributed by atoms with E-state index in [0.717, 1.165) is 45.6 Å². The van der Waals surface area contributed by atoms with Gasteiger partial charge in [0.2, 0.25) is 0 Å². The van der Waals surface area contributed by atoms with Gasteiger partial charge < -0.3 is 9.72 Å². The van der Waals surface area contributed by atoms with Crippen molar-refractivity contribution >= 4 is 33.5 Å². The number of aryl methyl sites for hydroxylation is 1. The molecule has 4 nitrogen and oxygen atoms in total. The van der Waals surface area contributed by atoms with Crippen LogP contribution in [0, 0.1) is 11.3 Å². The van der Waals surface area contributed by atoms with E-state index in [1.54, 1.807) is 18.4 Å². The summed E-state index contributed by atoms with van der Waals surface area (Å²) in [7, 11) is 1.66. The van der Waals surface area contributed by atoms with E-state index in [2.05, 4.69) is 16.0 Å². The SMILES string of the molecule is COc1ccc2[nH]cc(C=Nc3sc4c(c3C#N)CCCC4)c2c1. The zero-order valence-corrected chi connectivity index (χ0v) is 14.2. The summed E-state index contributed by atoms with van der Waals surface area (Å²) in [6.07, 6.45) is 8.25. The van der Waals surface area contributed by atoms with Crippen molar-refractivity contribution in [2.45, 2.75) is 25.7 Å². The number of benzene rings is 1. The second-order valence-corrected chi connectivity index (χ2v) is 7.00. The van der Waals surface area contributed by atoms with E-state index in [0.29, 0.717) is 0 Å². The minimum atomic E-state index is 0.767. The van der Waals surface area contributed by atoms with Crippen molar-refractivity contribution in [1.82, 2.24) is 4.98 Å². The highest BCUT2D eigenvalue weighted by Crippen LogP contribution is 2.39. The fourth-order valence-electron chi connectivity index (χ4n) is 3.24. The number of methoxy groups -OCH3 is 1. The van der Waals surface area contributed by atoms with Gasteiger partial charge in [-0.1, -0.05) is 0 Å². The number of nitrogens with zero attached hydrogens (tertiary/aromatic N) is 2. The highest BCUT2D eigenvalue weighted by atomic mass is 32.1. The zero-order valence-electron chi connectivity index (χ0n) is 13.4. The number of H-pyrrole nitrogens is 1. The van der Waals surface area contributed by atoms with E-state index >= 15 is 0 Å². The Labute approximate surface area is 144 Å². The number of hydrogen-bond acceptors (Lipinski definition) is 4. The molecule has 1 N–H and O–H groups in total. The number of aromatic amines is 1. The van der Waals surface area contributed by atoms with Gasteiger partial charge in [-0.2, -0.15) is 5.26 Å². The number of hydrogen-bond donors (Lipinski definition) is 1. The van der Waals surface area contributed by atoms with Crippen molar-refractivity contribution < 1.29 is 4.74 Å². The largest absolute Gasteiger partial charge is 0.497 e. The second-order valence-electron chi connectivity index (χ2n) is 5.92. The Kier molecular flexibility index (Phi) is 3.83. The lowest BCUT2D eigenvalue weighted by molar-refractivity contribution is 0.415. The molecule has 1 aliphatic rings. The van der Waals surface area contributed by atoms with Gasteiger partial charge in [-0.25, -0.2) is 4.99 Å². The lowest BCUT2D eigenvalue weighted by Crippen LogP contribution is -1.99. The van der Waals surface area contributed by atoms with Crippen molar-refractivity contribution in [3.05, 3.63) is 46.0 Å². The molecular formula is C19H17N3OS. The summed E-state index contributed by atoms with van der Waals surface area (Å²) < 4.78 is 5.30. The predicted molar refractivity (Wildman–Crippen MR) is 97.8 cm³/mol. The van der Waals surface area contributed by atoms with Crippen LogP contribution in [0.2, 0.25) is 0 Å². The molecule has 0 atom stereocenters. The molecule has 0 amide bonds. The quantitative estimate of drug-likeness (QED) is 0.703. The molecule has 5 heteroatoms. The molecule has 24 heavy (non-hydrogen) atoms. The first kappa shape index (κ1) is 15.0. The third-order valence-corrected chi connectivity index (χ3v) is 5.71. The van der Waals surface area contributed by atoms with Gasteiger partial charge in [0.05, 0.1) is 12.7 Å². The highest BCUT2D eigenvalue weighted by Gasteiger charge is 2.20. The van der Waals surface area contributed by atoms with Crippen LogP contribution in [-0.2, 0) is 12.8 Å². The third kappa shape index (κ3) is 2.49. The average molecular weight is 335 g/mol. The predicted octanol–water partition coefficient (Wildman–Crippen LogP) is 4.74. The normalized spacial score (nSPS) is 14.0. The Morgan fingerprint density at radius 2 is 2.21 bits per heavy atom. The number of ether oxygens (including phenoxy) is 1. The van der Waals surface area contributed by atoms with Gasteiger partial charge >= 0.3 is 0 Å². The Bertz CT molecular complexity index is 975. The monoisotopic (exact) mass is 335 g/mol. The van der Waals surface area contributed by atoms with Crippen molar-refractivity contribution in [3.63, 3.8) is 0 Å². The molecule has 0 fully saturated rings. The summed E-state index contributed by atoms with van der Waals surface area (Å²) in [5, 5.41) is 11.4. The molecule has 0 spiro atoms. The highest BCUT2D eigenvalue weighted by molar-refractivity contribution is 7.16. The fourth-order valence-corrected chi connectivity index (χ4v) is 4.42. The first-order chi connectivity index (χ1) is 11.8. The Balaban J connectivity index is 1.73. The smallest absolute Gasteiger partial charge is 0.134 e. The van der Waals surface area contributed by atoms with Gasteiger partial charge in [0.25, 0.3) is 0 Å². The molecule has 1 aromatic carbocycles. The molecule has 0 aliphatic heterocycles. The maximum Gasteiger partial charge on any atom is 0.134 e. The molecule has 0 bridgehead atoms. The minimum absolute atomic E-state index is 0.767. The molecule has 3 aromatic rings. The van der Waals surface area contributed by atoms with Crippen LogP contribution in [0.4, 0.5) is 5.00 Å². The summed E-state index contributed by atoms with van der Waals surface area (Å²) in [5.41, 5.74) is 4.03. The number of aromatic nitrogens is 1. The number of nitriles is 1. The maximum atomic E-state index is 9.52. The van der Waals surface area contributed by atoms with Crippen LogP contribution in [0.25, 0.3) is 10.9 Å². The summed E-state index contributed by atoms with van der Waals surface area (Å²) in [4.78, 5) is 9.22. The van der Waals surface area contributed by atoms with Crippen molar-refractivity contribution in [2.75, 3.05) is 7.11 Å². The second kappa shape index (κ2) is 6.14. The Morgan fingerprint density at radius 3 is 3.04 bits per heavy atom. The van der Waals surface area contributed by atoms with Crippen LogP contribution >= 0.6 is 11.3 Å². The van der Waals surface area contributed by atoms with Gasteiger partial charge in [-0.3, -0.25) is 0 Å². The van der Waals surface area contributed by atoms with Crippen molar-refractivity contribution in [2.24, 2.45) is 4.99 Å². The lowest BCUT2D eigenvalue weighted by Gasteiger charge is -2.09. The molecule has 2 heterocycles. The summed E-state index contributed by atoms with van der Waals surface area (Å²) in [5.74, 6) is 0.820. The molecular weight excluding hydrogens is 318 g/mol. The molecule has 4 rings (SSSR count). The minimum Gasteiger partial charge on any atom is -0.497 e. The van der Waals surface area contributed by atoms with E-state index in [-0.39, 0.29) is 0 Å². The maximum absolute atomic E-state index is 9.52. The molecule has 0 saturated heterocycles. The van der Waals surface area contributed by atoms with E-state index in [1.165, 1.54) is 23.3 Å². The fraction of sp³-hybridized carbons (Fsp3) is 0.263. The summed E-state index contributed by atoms with van der Waals surface area (Å²) in [6, 6.07) is 8.28. The van der Waals surface area contributed by atoms with Crippen LogP contribution in [-0.4, -0.2) is 18.3 Å². The number of rotatable bonds is 3. The van der Waals surface area contributed by atoms with E-state index in [4.69, 9.17) is 4.74 Å². The number of thiophene rings is 1. The third-order valence-electron chi connectivity index (χ3n) is 4.51. The summed E-state index contributed by atoms with van der Waals surface area (Å²) in [6.45, 7) is 0. The lowest BCUT2D eigenvalue weighted by atomic mass is 9.96. The summed E-state index contributed by atoms with van der Waals surface area (Å²) >= 11 is 1.67. The molecule has 0 unspecified atom stereocenters. The van der Waals surface area contributed by atoms with Crippen LogP contribution in [0.1, 0.15) is 34.4 Å². The number of aliphatic imine (C=N–C) groups is 1. The molecule has 1 aliphatic carbocycles. The van der Waals surface area contributed by atoms with Gasteiger partial charge in [0.15, 0.2) is 0 Å². The van der Waals surface area contributed by atoms with Crippen molar-refractivity contribution in [1.29, 1.82) is 5.26 Å². The van der Waals surface area contributed by atoms with Gasteiger partial charge in [0.1, 0.15) is 16.8 Å².